The van der Waals surface area contributed by atoms with Gasteiger partial charge in [-0.1, -0.05) is 21.9 Å². The molecule has 0 heterocycles. The summed E-state index contributed by atoms with van der Waals surface area (Å²) in [6.07, 6.45) is 6.76. The summed E-state index contributed by atoms with van der Waals surface area (Å²) in [7, 11) is 0. The second-order valence-electron chi connectivity index (χ2n) is 5.39. The van der Waals surface area contributed by atoms with Crippen molar-refractivity contribution in [3.63, 3.8) is 0 Å². The number of benzene rings is 2. The molecule has 0 saturated carbocycles. The van der Waals surface area contributed by atoms with Crippen LogP contribution in [0.2, 0.25) is 0 Å². The van der Waals surface area contributed by atoms with Gasteiger partial charge in [-0.2, -0.15) is 5.26 Å². The molecule has 0 aliphatic rings. The molecule has 0 aliphatic carbocycles. The zero-order chi connectivity index (χ0) is 20.5. The van der Waals surface area contributed by atoms with E-state index in [2.05, 4.69) is 49.8 Å². The van der Waals surface area contributed by atoms with Gasteiger partial charge in [0.05, 0.1) is 10.2 Å². The standard InChI is InChI=1S/C21H16BrIN2O3/c1-3-9-28-20-18(23)11-14(12-19(20)27-4-2)10-15(13-24)21(26)25-17-7-5-16(22)6-8-17/h1,5-8,10-12H,4,9H2,2H3,(H,25,26)/b15-10+. The summed E-state index contributed by atoms with van der Waals surface area (Å²) in [5.41, 5.74) is 1.21. The van der Waals surface area contributed by atoms with Crippen molar-refractivity contribution in [2.75, 3.05) is 18.5 Å². The molecule has 0 fully saturated rings. The van der Waals surface area contributed by atoms with Crippen LogP contribution in [0.25, 0.3) is 6.08 Å². The normalized spacial score (nSPS) is 10.5. The molecule has 28 heavy (non-hydrogen) atoms. The van der Waals surface area contributed by atoms with Crippen LogP contribution in [0, 0.1) is 27.2 Å². The Kier molecular flexibility index (Phi) is 8.37. The van der Waals surface area contributed by atoms with Gasteiger partial charge in [-0.05, 0) is 77.6 Å². The summed E-state index contributed by atoms with van der Waals surface area (Å²) in [5, 5.41) is 12.1. The minimum atomic E-state index is -0.495. The van der Waals surface area contributed by atoms with Crippen LogP contribution in [-0.4, -0.2) is 19.1 Å². The lowest BCUT2D eigenvalue weighted by atomic mass is 10.1. The second kappa shape index (κ2) is 10.7. The Morgan fingerprint density at radius 3 is 2.64 bits per heavy atom. The summed E-state index contributed by atoms with van der Waals surface area (Å²) in [6, 6.07) is 12.5. The molecule has 2 aromatic carbocycles. The third-order valence-corrected chi connectivity index (χ3v) is 4.74. The number of amides is 1. The minimum Gasteiger partial charge on any atom is -0.490 e. The van der Waals surface area contributed by atoms with Gasteiger partial charge in [0.2, 0.25) is 0 Å². The monoisotopic (exact) mass is 550 g/mol. The summed E-state index contributed by atoms with van der Waals surface area (Å²) >= 11 is 5.43. The van der Waals surface area contributed by atoms with E-state index in [1.54, 1.807) is 36.4 Å². The minimum absolute atomic E-state index is 0.0292. The van der Waals surface area contributed by atoms with Crippen LogP contribution in [-0.2, 0) is 4.79 Å². The second-order valence-corrected chi connectivity index (χ2v) is 7.46. The molecule has 1 N–H and O–H groups in total. The fraction of sp³-hybridized carbons (Fsp3) is 0.143. The Hall–Kier alpha value is -2.49. The molecule has 0 bridgehead atoms. The number of nitrogens with zero attached hydrogens (tertiary/aromatic N) is 1. The van der Waals surface area contributed by atoms with Crippen LogP contribution in [0.4, 0.5) is 5.69 Å². The number of halogens is 2. The Morgan fingerprint density at radius 1 is 1.32 bits per heavy atom. The fourth-order valence-corrected chi connectivity index (χ4v) is 3.28. The van der Waals surface area contributed by atoms with Crippen molar-refractivity contribution in [2.24, 2.45) is 0 Å². The predicted octanol–water partition coefficient (Wildman–Crippen LogP) is 5.01. The number of carbonyl (C=O) groups excluding carboxylic acids is 1. The molecule has 2 rings (SSSR count). The molecule has 0 atom stereocenters. The zero-order valence-corrected chi connectivity index (χ0v) is 18.7. The summed E-state index contributed by atoms with van der Waals surface area (Å²) in [6.45, 7) is 2.40. The van der Waals surface area contributed by atoms with Gasteiger partial charge >= 0.3 is 0 Å². The highest BCUT2D eigenvalue weighted by atomic mass is 127. The molecular weight excluding hydrogens is 535 g/mol. The molecule has 142 valence electrons. The van der Waals surface area contributed by atoms with Crippen molar-refractivity contribution in [1.82, 2.24) is 0 Å². The average molecular weight is 551 g/mol. The first kappa shape index (κ1) is 21.8. The molecule has 0 radical (unpaired) electrons. The highest BCUT2D eigenvalue weighted by Crippen LogP contribution is 2.35. The van der Waals surface area contributed by atoms with Crippen molar-refractivity contribution in [3.05, 3.63) is 55.6 Å². The van der Waals surface area contributed by atoms with Crippen LogP contribution in [0.3, 0.4) is 0 Å². The van der Waals surface area contributed by atoms with Gasteiger partial charge in [0.15, 0.2) is 11.5 Å². The van der Waals surface area contributed by atoms with Crippen molar-refractivity contribution in [2.45, 2.75) is 6.92 Å². The first-order chi connectivity index (χ1) is 13.5. The van der Waals surface area contributed by atoms with Crippen LogP contribution in [0.5, 0.6) is 11.5 Å². The molecular formula is C21H16BrIN2O3. The van der Waals surface area contributed by atoms with Crippen LogP contribution in [0.1, 0.15) is 12.5 Å². The summed E-state index contributed by atoms with van der Waals surface area (Å²) in [5.74, 6) is 2.96. The number of hydrogen-bond donors (Lipinski definition) is 1. The number of hydrogen-bond acceptors (Lipinski definition) is 4. The average Bonchev–Trinajstić information content (AvgIpc) is 2.67. The third kappa shape index (κ3) is 6.01. The van der Waals surface area contributed by atoms with E-state index >= 15 is 0 Å². The van der Waals surface area contributed by atoms with E-state index in [4.69, 9.17) is 15.9 Å². The van der Waals surface area contributed by atoms with E-state index < -0.39 is 5.91 Å². The van der Waals surface area contributed by atoms with E-state index in [1.165, 1.54) is 6.08 Å². The number of nitrogens with one attached hydrogen (secondary N) is 1. The molecule has 7 heteroatoms. The van der Waals surface area contributed by atoms with Crippen molar-refractivity contribution in [3.8, 4) is 29.9 Å². The van der Waals surface area contributed by atoms with Gasteiger partial charge in [0.25, 0.3) is 5.91 Å². The van der Waals surface area contributed by atoms with Gasteiger partial charge in [-0.15, -0.1) is 6.42 Å². The van der Waals surface area contributed by atoms with Crippen LogP contribution < -0.4 is 14.8 Å². The maximum Gasteiger partial charge on any atom is 0.266 e. The van der Waals surface area contributed by atoms with Gasteiger partial charge in [0.1, 0.15) is 18.2 Å². The van der Waals surface area contributed by atoms with Gasteiger partial charge in [-0.25, -0.2) is 0 Å². The lowest BCUT2D eigenvalue weighted by Gasteiger charge is -2.13. The smallest absolute Gasteiger partial charge is 0.266 e. The maximum atomic E-state index is 12.4. The molecule has 0 saturated heterocycles. The molecule has 0 unspecified atom stereocenters. The number of carbonyl (C=O) groups is 1. The van der Waals surface area contributed by atoms with Crippen LogP contribution in [0.15, 0.2) is 46.4 Å². The summed E-state index contributed by atoms with van der Waals surface area (Å²) in [4.78, 5) is 12.4. The molecule has 0 aliphatic heterocycles. The Labute approximate surface area is 186 Å². The molecule has 2 aromatic rings. The largest absolute Gasteiger partial charge is 0.490 e. The predicted molar refractivity (Wildman–Crippen MR) is 121 cm³/mol. The van der Waals surface area contributed by atoms with Crippen LogP contribution >= 0.6 is 38.5 Å². The highest BCUT2D eigenvalue weighted by Gasteiger charge is 2.14. The van der Waals surface area contributed by atoms with E-state index in [0.717, 1.165) is 8.04 Å². The first-order valence-electron chi connectivity index (χ1n) is 8.19. The van der Waals surface area contributed by atoms with E-state index in [0.29, 0.717) is 29.4 Å². The fourth-order valence-electron chi connectivity index (χ4n) is 2.24. The Bertz CT molecular complexity index is 973. The lowest BCUT2D eigenvalue weighted by molar-refractivity contribution is -0.112. The zero-order valence-electron chi connectivity index (χ0n) is 15.0. The number of ether oxygens (including phenoxy) is 2. The third-order valence-electron chi connectivity index (χ3n) is 3.41. The molecule has 1 amide bonds. The number of anilines is 1. The van der Waals surface area contributed by atoms with Crippen molar-refractivity contribution >= 4 is 56.2 Å². The Balaban J connectivity index is 2.32. The molecule has 0 spiro atoms. The topological polar surface area (TPSA) is 71.3 Å². The van der Waals surface area contributed by atoms with E-state index in [9.17, 15) is 10.1 Å². The number of nitriles is 1. The van der Waals surface area contributed by atoms with Crippen molar-refractivity contribution in [1.29, 1.82) is 5.26 Å². The number of rotatable bonds is 7. The maximum absolute atomic E-state index is 12.4. The Morgan fingerprint density at radius 2 is 2.04 bits per heavy atom. The lowest BCUT2D eigenvalue weighted by Crippen LogP contribution is -2.13. The van der Waals surface area contributed by atoms with E-state index in [1.807, 2.05) is 13.0 Å². The van der Waals surface area contributed by atoms with Gasteiger partial charge in [0, 0.05) is 10.2 Å². The SMILES string of the molecule is C#CCOc1c(I)cc(/C=C(\C#N)C(=O)Nc2ccc(Br)cc2)cc1OCC. The van der Waals surface area contributed by atoms with Gasteiger partial charge in [-0.3, -0.25) is 4.79 Å². The van der Waals surface area contributed by atoms with Crippen molar-refractivity contribution < 1.29 is 14.3 Å². The summed E-state index contributed by atoms with van der Waals surface area (Å²) < 4.78 is 12.8. The van der Waals surface area contributed by atoms with E-state index in [-0.39, 0.29) is 12.2 Å². The quantitative estimate of drug-likeness (QED) is 0.228. The molecule has 0 aromatic heterocycles. The first-order valence-corrected chi connectivity index (χ1v) is 10.1. The number of terminal acetylenes is 1. The van der Waals surface area contributed by atoms with Gasteiger partial charge < -0.3 is 14.8 Å². The highest BCUT2D eigenvalue weighted by molar-refractivity contribution is 14.1. The molecule has 5 nitrogen and oxygen atoms in total.